The first kappa shape index (κ1) is 30.4. The largest absolute Gasteiger partial charge is 0.324 e. The molecule has 0 radical (unpaired) electrons. The molecule has 0 spiro atoms. The highest BCUT2D eigenvalue weighted by atomic mass is 16.2. The van der Waals surface area contributed by atoms with Crippen LogP contribution in [0.25, 0.3) is 0 Å². The molecule has 3 aromatic carbocycles. The topological polar surface area (TPSA) is 26.8 Å². The maximum absolute atomic E-state index is 13.9. The standard InChI is InChI=1S/C38H51N3O/c1-31-25-35(28-40(26-32-15-7-3-8-16-32)27-33-17-9-4-10-18-33)23-24-36(31)30-41(29-34-19-11-5-12-20-34)38(42)39(2)37-21-13-6-14-22-37/h3-4,6-10,13-18,21-22,31,34-36H,5,11-12,19-20,23-30H2,1-2H3/t31-,35-,36+/m0/s1. The van der Waals surface area contributed by atoms with Crippen LogP contribution in [0.15, 0.2) is 91.0 Å². The van der Waals surface area contributed by atoms with Crippen molar-refractivity contribution < 1.29 is 4.79 Å². The summed E-state index contributed by atoms with van der Waals surface area (Å²) in [5.74, 6) is 2.51. The molecule has 0 heterocycles. The quantitative estimate of drug-likeness (QED) is 0.232. The first-order valence-electron chi connectivity index (χ1n) is 16.4. The van der Waals surface area contributed by atoms with Crippen LogP contribution in [-0.4, -0.2) is 42.5 Å². The molecule has 2 aliphatic rings. The van der Waals surface area contributed by atoms with Crippen LogP contribution in [0.5, 0.6) is 0 Å². The summed E-state index contributed by atoms with van der Waals surface area (Å²) in [5, 5.41) is 0. The highest BCUT2D eigenvalue weighted by Gasteiger charge is 2.33. The zero-order valence-corrected chi connectivity index (χ0v) is 25.9. The molecule has 4 heteroatoms. The molecule has 0 saturated heterocycles. The van der Waals surface area contributed by atoms with Gasteiger partial charge in [0.15, 0.2) is 0 Å². The van der Waals surface area contributed by atoms with Gasteiger partial charge in [0, 0.05) is 45.5 Å². The third-order valence-corrected chi connectivity index (χ3v) is 9.83. The van der Waals surface area contributed by atoms with Crippen molar-refractivity contribution in [3.63, 3.8) is 0 Å². The summed E-state index contributed by atoms with van der Waals surface area (Å²) in [7, 11) is 1.94. The summed E-state index contributed by atoms with van der Waals surface area (Å²) in [5.41, 5.74) is 3.74. The molecule has 3 aromatic rings. The molecule has 2 saturated carbocycles. The van der Waals surface area contributed by atoms with Gasteiger partial charge in [0.25, 0.3) is 0 Å². The molecule has 0 unspecified atom stereocenters. The fourth-order valence-corrected chi connectivity index (χ4v) is 7.41. The number of urea groups is 1. The van der Waals surface area contributed by atoms with E-state index in [0.717, 1.165) is 38.4 Å². The average Bonchev–Trinajstić information content (AvgIpc) is 3.03. The zero-order valence-electron chi connectivity index (χ0n) is 25.9. The smallest absolute Gasteiger partial charge is 0.324 e. The first-order chi connectivity index (χ1) is 20.5. The number of hydrogen-bond donors (Lipinski definition) is 0. The predicted molar refractivity (Wildman–Crippen MR) is 175 cm³/mol. The SMILES string of the molecule is C[C@H]1C[C@@H](CN(Cc2ccccc2)Cc2ccccc2)CC[C@@H]1CN(CC1CCCCC1)C(=O)N(C)c1ccccc1. The van der Waals surface area contributed by atoms with Crippen molar-refractivity contribution >= 4 is 11.7 Å². The van der Waals surface area contributed by atoms with Gasteiger partial charge in [0.05, 0.1) is 0 Å². The van der Waals surface area contributed by atoms with Gasteiger partial charge in [-0.3, -0.25) is 9.80 Å². The van der Waals surface area contributed by atoms with E-state index in [9.17, 15) is 4.79 Å². The van der Waals surface area contributed by atoms with Crippen LogP contribution in [0.2, 0.25) is 0 Å². The number of rotatable bonds is 11. The third kappa shape index (κ3) is 8.70. The lowest BCUT2D eigenvalue weighted by atomic mass is 9.74. The Labute approximate surface area is 254 Å². The van der Waals surface area contributed by atoms with Crippen molar-refractivity contribution in [2.24, 2.45) is 23.7 Å². The van der Waals surface area contributed by atoms with Crippen molar-refractivity contribution in [3.8, 4) is 0 Å². The van der Waals surface area contributed by atoms with Gasteiger partial charge in [-0.25, -0.2) is 4.79 Å². The Kier molecular flexibility index (Phi) is 11.1. The molecule has 0 N–H and O–H groups in total. The summed E-state index contributed by atoms with van der Waals surface area (Å²) in [6.07, 6.45) is 10.2. The molecular formula is C38H51N3O. The highest BCUT2D eigenvalue weighted by molar-refractivity contribution is 5.91. The molecule has 2 aliphatic carbocycles. The monoisotopic (exact) mass is 565 g/mol. The van der Waals surface area contributed by atoms with Crippen LogP contribution in [0, 0.1) is 23.7 Å². The van der Waals surface area contributed by atoms with Crippen molar-refractivity contribution in [1.82, 2.24) is 9.80 Å². The highest BCUT2D eigenvalue weighted by Crippen LogP contribution is 2.36. The number of carbonyl (C=O) groups excluding carboxylic acids is 1. The lowest BCUT2D eigenvalue weighted by Crippen LogP contribution is -2.47. The minimum atomic E-state index is 0.165. The number of carbonyl (C=O) groups is 1. The zero-order chi connectivity index (χ0) is 29.1. The molecule has 2 amide bonds. The summed E-state index contributed by atoms with van der Waals surface area (Å²) < 4.78 is 0. The van der Waals surface area contributed by atoms with Crippen molar-refractivity contribution in [2.45, 2.75) is 71.4 Å². The third-order valence-electron chi connectivity index (χ3n) is 9.83. The first-order valence-corrected chi connectivity index (χ1v) is 16.4. The second-order valence-corrected chi connectivity index (χ2v) is 13.1. The van der Waals surface area contributed by atoms with Gasteiger partial charge in [-0.15, -0.1) is 0 Å². The van der Waals surface area contributed by atoms with E-state index < -0.39 is 0 Å². The van der Waals surface area contributed by atoms with Crippen LogP contribution in [0.3, 0.4) is 0 Å². The number of amides is 2. The van der Waals surface area contributed by atoms with Crippen molar-refractivity contribution in [2.75, 3.05) is 31.6 Å². The minimum absolute atomic E-state index is 0.165. The Bertz CT molecular complexity index is 1150. The van der Waals surface area contributed by atoms with Gasteiger partial charge in [0.1, 0.15) is 0 Å². The molecule has 3 atom stereocenters. The van der Waals surface area contributed by atoms with Crippen molar-refractivity contribution in [3.05, 3.63) is 102 Å². The summed E-state index contributed by atoms with van der Waals surface area (Å²) in [4.78, 5) is 20.6. The summed E-state index contributed by atoms with van der Waals surface area (Å²) >= 11 is 0. The number of para-hydroxylation sites is 1. The van der Waals surface area contributed by atoms with Crippen molar-refractivity contribution in [1.29, 1.82) is 0 Å². The normalized spacial score (nSPS) is 21.3. The van der Waals surface area contributed by atoms with E-state index in [-0.39, 0.29) is 6.03 Å². The van der Waals surface area contributed by atoms with E-state index in [1.807, 2.05) is 42.3 Å². The Hall–Kier alpha value is -3.11. The van der Waals surface area contributed by atoms with Crippen LogP contribution in [0.4, 0.5) is 10.5 Å². The molecule has 2 fully saturated rings. The molecule has 0 aromatic heterocycles. The lowest BCUT2D eigenvalue weighted by molar-refractivity contribution is 0.106. The summed E-state index contributed by atoms with van der Waals surface area (Å²) in [6.45, 7) is 7.34. The Balaban J connectivity index is 1.22. The number of anilines is 1. The molecule has 224 valence electrons. The Morgan fingerprint density at radius 1 is 0.667 bits per heavy atom. The second-order valence-electron chi connectivity index (χ2n) is 13.1. The number of benzene rings is 3. The van der Waals surface area contributed by atoms with Gasteiger partial charge in [-0.1, -0.05) is 105 Å². The Morgan fingerprint density at radius 3 is 1.81 bits per heavy atom. The van der Waals surface area contributed by atoms with E-state index in [1.165, 1.54) is 62.5 Å². The fraction of sp³-hybridized carbons (Fsp3) is 0.500. The van der Waals surface area contributed by atoms with E-state index in [1.54, 1.807) is 0 Å². The molecular weight excluding hydrogens is 514 g/mol. The van der Waals surface area contributed by atoms with Crippen LogP contribution in [-0.2, 0) is 13.1 Å². The Morgan fingerprint density at radius 2 is 1.24 bits per heavy atom. The minimum Gasteiger partial charge on any atom is -0.324 e. The predicted octanol–water partition coefficient (Wildman–Crippen LogP) is 8.88. The summed E-state index contributed by atoms with van der Waals surface area (Å²) in [6, 6.07) is 32.1. The van der Waals surface area contributed by atoms with E-state index in [4.69, 9.17) is 0 Å². The lowest BCUT2D eigenvalue weighted by Gasteiger charge is -2.40. The maximum atomic E-state index is 13.9. The molecule has 5 rings (SSSR count). The van der Waals surface area contributed by atoms with Gasteiger partial charge < -0.3 is 4.90 Å². The molecule has 0 aliphatic heterocycles. The van der Waals surface area contributed by atoms with Gasteiger partial charge in [-0.2, -0.15) is 0 Å². The van der Waals surface area contributed by atoms with Gasteiger partial charge in [0.2, 0.25) is 0 Å². The van der Waals surface area contributed by atoms with E-state index >= 15 is 0 Å². The number of nitrogens with zero attached hydrogens (tertiary/aromatic N) is 3. The van der Waals surface area contributed by atoms with Crippen LogP contribution < -0.4 is 4.90 Å². The van der Waals surface area contributed by atoms with E-state index in [2.05, 4.69) is 77.4 Å². The van der Waals surface area contributed by atoms with Gasteiger partial charge in [-0.05, 0) is 79.0 Å². The molecule has 4 nitrogen and oxygen atoms in total. The van der Waals surface area contributed by atoms with Gasteiger partial charge >= 0.3 is 6.03 Å². The second kappa shape index (κ2) is 15.4. The van der Waals surface area contributed by atoms with E-state index in [0.29, 0.717) is 23.7 Å². The fourth-order valence-electron chi connectivity index (χ4n) is 7.41. The molecule has 0 bridgehead atoms. The van der Waals surface area contributed by atoms with Crippen LogP contribution >= 0.6 is 0 Å². The molecule has 42 heavy (non-hydrogen) atoms. The average molecular weight is 566 g/mol. The maximum Gasteiger partial charge on any atom is 0.324 e. The number of hydrogen-bond acceptors (Lipinski definition) is 2. The van der Waals surface area contributed by atoms with Crippen LogP contribution in [0.1, 0.15) is 69.4 Å².